The summed E-state index contributed by atoms with van der Waals surface area (Å²) in [6, 6.07) is 1.84. The summed E-state index contributed by atoms with van der Waals surface area (Å²) in [5.74, 6) is 0.528. The van der Waals surface area contributed by atoms with Gasteiger partial charge in [0, 0.05) is 24.3 Å². The van der Waals surface area contributed by atoms with Gasteiger partial charge in [0.1, 0.15) is 0 Å². The van der Waals surface area contributed by atoms with Gasteiger partial charge in [-0.05, 0) is 28.9 Å². The second-order valence-corrected chi connectivity index (χ2v) is 5.38. The number of alkyl halides is 1. The molecule has 1 aromatic heterocycles. The van der Waals surface area contributed by atoms with Crippen molar-refractivity contribution in [1.82, 2.24) is 4.90 Å². The Kier molecular flexibility index (Phi) is 4.92. The second kappa shape index (κ2) is 5.73. The maximum absolute atomic E-state index is 11.8. The number of hydrogen-bond donors (Lipinski definition) is 0. The largest absolute Gasteiger partial charge is 0.338 e. The molecule has 0 bridgehead atoms. The number of rotatable bonds is 4. The van der Waals surface area contributed by atoms with E-state index in [0.29, 0.717) is 19.0 Å². The summed E-state index contributed by atoms with van der Waals surface area (Å²) in [5.41, 5.74) is 0.730. The summed E-state index contributed by atoms with van der Waals surface area (Å²) in [7, 11) is 0. The lowest BCUT2D eigenvalue weighted by Gasteiger charge is -2.18. The molecule has 1 aromatic rings. The third-order valence-electron chi connectivity index (χ3n) is 1.84. The molecule has 1 heterocycles. The third-order valence-corrected chi connectivity index (χ3v) is 3.51. The van der Waals surface area contributed by atoms with E-state index in [1.807, 2.05) is 18.4 Å². The smallest absolute Gasteiger partial charge is 0.254 e. The summed E-state index contributed by atoms with van der Waals surface area (Å²) in [4.78, 5) is 13.6. The van der Waals surface area contributed by atoms with E-state index >= 15 is 0 Å². The van der Waals surface area contributed by atoms with E-state index in [1.165, 1.54) is 11.3 Å². The molecule has 0 aromatic carbocycles. The first-order valence-corrected chi connectivity index (χ1v) is 6.49. The quantitative estimate of drug-likeness (QED) is 0.781. The van der Waals surface area contributed by atoms with Gasteiger partial charge in [0.15, 0.2) is 0 Å². The summed E-state index contributed by atoms with van der Waals surface area (Å²) in [6.45, 7) is 3.25. The topological polar surface area (TPSA) is 20.3 Å². The fourth-order valence-corrected chi connectivity index (χ4v) is 2.44. The van der Waals surface area contributed by atoms with Crippen LogP contribution in [0.15, 0.2) is 15.2 Å². The highest BCUT2D eigenvalue weighted by molar-refractivity contribution is 9.11. The zero-order valence-electron chi connectivity index (χ0n) is 7.80. The van der Waals surface area contributed by atoms with Crippen molar-refractivity contribution in [3.8, 4) is 0 Å². The maximum Gasteiger partial charge on any atom is 0.254 e. The van der Waals surface area contributed by atoms with Crippen LogP contribution in [0.1, 0.15) is 17.3 Å². The molecule has 0 unspecified atom stereocenters. The number of nitrogens with zero attached hydrogens (tertiary/aromatic N) is 1. The molecule has 14 heavy (non-hydrogen) atoms. The van der Waals surface area contributed by atoms with Crippen LogP contribution >= 0.6 is 38.9 Å². The molecule has 0 saturated carbocycles. The van der Waals surface area contributed by atoms with E-state index in [4.69, 9.17) is 11.6 Å². The van der Waals surface area contributed by atoms with Crippen LogP contribution in [0.2, 0.25) is 0 Å². The van der Waals surface area contributed by atoms with Crippen molar-refractivity contribution in [3.63, 3.8) is 0 Å². The van der Waals surface area contributed by atoms with Gasteiger partial charge in [-0.3, -0.25) is 4.79 Å². The van der Waals surface area contributed by atoms with Gasteiger partial charge in [-0.1, -0.05) is 0 Å². The molecule has 2 nitrogen and oxygen atoms in total. The Hall–Kier alpha value is -0.0600. The summed E-state index contributed by atoms with van der Waals surface area (Å²) >= 11 is 10.5. The van der Waals surface area contributed by atoms with Crippen molar-refractivity contribution >= 4 is 44.8 Å². The average molecular weight is 297 g/mol. The predicted molar refractivity (Wildman–Crippen MR) is 64.3 cm³/mol. The van der Waals surface area contributed by atoms with E-state index in [1.54, 1.807) is 4.90 Å². The first-order valence-electron chi connectivity index (χ1n) is 4.28. The van der Waals surface area contributed by atoms with Gasteiger partial charge in [-0.25, -0.2) is 0 Å². The average Bonchev–Trinajstić information content (AvgIpc) is 2.60. The van der Waals surface area contributed by atoms with Crippen LogP contribution in [-0.4, -0.2) is 29.8 Å². The van der Waals surface area contributed by atoms with Gasteiger partial charge < -0.3 is 4.90 Å². The predicted octanol–water partition coefficient (Wildman–Crippen LogP) is 3.21. The number of hydrogen-bond acceptors (Lipinski definition) is 2. The Bertz CT molecular complexity index is 316. The lowest BCUT2D eigenvalue weighted by Crippen LogP contribution is -2.32. The van der Waals surface area contributed by atoms with Gasteiger partial charge in [-0.2, -0.15) is 0 Å². The van der Waals surface area contributed by atoms with Crippen molar-refractivity contribution in [1.29, 1.82) is 0 Å². The third kappa shape index (κ3) is 2.97. The standard InChI is InChI=1S/C9H11BrClNOS/c1-2-12(4-3-11)9(13)7-5-8(10)14-6-7/h5-6H,2-4H2,1H3. The van der Waals surface area contributed by atoms with Crippen molar-refractivity contribution in [3.05, 3.63) is 20.8 Å². The molecule has 5 heteroatoms. The first kappa shape index (κ1) is 12.0. The molecule has 78 valence electrons. The van der Waals surface area contributed by atoms with E-state index in [-0.39, 0.29) is 5.91 Å². The highest BCUT2D eigenvalue weighted by Gasteiger charge is 2.14. The molecule has 0 saturated heterocycles. The Morgan fingerprint density at radius 3 is 2.86 bits per heavy atom. The van der Waals surface area contributed by atoms with Crippen molar-refractivity contribution in [2.75, 3.05) is 19.0 Å². The van der Waals surface area contributed by atoms with Crippen LogP contribution in [0, 0.1) is 0 Å². The number of amides is 1. The van der Waals surface area contributed by atoms with Crippen LogP contribution in [0.25, 0.3) is 0 Å². The molecular weight excluding hydrogens is 286 g/mol. The minimum Gasteiger partial charge on any atom is -0.338 e. The Morgan fingerprint density at radius 2 is 2.43 bits per heavy atom. The fourth-order valence-electron chi connectivity index (χ4n) is 1.11. The minimum atomic E-state index is 0.0510. The lowest BCUT2D eigenvalue weighted by molar-refractivity contribution is 0.0774. The number of halogens is 2. The van der Waals surface area contributed by atoms with E-state index in [2.05, 4.69) is 15.9 Å². The molecule has 0 atom stereocenters. The zero-order valence-corrected chi connectivity index (χ0v) is 11.0. The molecule has 0 radical (unpaired) electrons. The number of thiophene rings is 1. The molecule has 0 aliphatic carbocycles. The molecule has 0 N–H and O–H groups in total. The van der Waals surface area contributed by atoms with Gasteiger partial charge in [0.25, 0.3) is 5.91 Å². The SMILES string of the molecule is CCN(CCCl)C(=O)c1csc(Br)c1. The molecule has 0 spiro atoms. The molecule has 0 aliphatic heterocycles. The highest BCUT2D eigenvalue weighted by Crippen LogP contribution is 2.21. The monoisotopic (exact) mass is 295 g/mol. The van der Waals surface area contributed by atoms with E-state index in [9.17, 15) is 4.79 Å². The summed E-state index contributed by atoms with van der Waals surface area (Å²) in [6.07, 6.45) is 0. The van der Waals surface area contributed by atoms with Crippen LogP contribution in [0.4, 0.5) is 0 Å². The maximum atomic E-state index is 11.8. The summed E-state index contributed by atoms with van der Waals surface area (Å²) < 4.78 is 0.975. The van der Waals surface area contributed by atoms with Crippen LogP contribution < -0.4 is 0 Å². The minimum absolute atomic E-state index is 0.0510. The van der Waals surface area contributed by atoms with Crippen molar-refractivity contribution in [2.24, 2.45) is 0 Å². The van der Waals surface area contributed by atoms with Crippen molar-refractivity contribution in [2.45, 2.75) is 6.92 Å². The van der Waals surface area contributed by atoms with Gasteiger partial charge in [-0.15, -0.1) is 22.9 Å². The fraction of sp³-hybridized carbons (Fsp3) is 0.444. The summed E-state index contributed by atoms with van der Waals surface area (Å²) in [5, 5.41) is 1.85. The van der Waals surface area contributed by atoms with E-state index in [0.717, 1.165) is 9.35 Å². The Labute approximate surface area is 101 Å². The molecular formula is C9H11BrClNOS. The van der Waals surface area contributed by atoms with Crippen LogP contribution in [0.5, 0.6) is 0 Å². The van der Waals surface area contributed by atoms with Crippen LogP contribution in [0.3, 0.4) is 0 Å². The molecule has 0 aliphatic rings. The van der Waals surface area contributed by atoms with Crippen LogP contribution in [-0.2, 0) is 0 Å². The highest BCUT2D eigenvalue weighted by atomic mass is 79.9. The second-order valence-electron chi connectivity index (χ2n) is 2.71. The molecule has 0 fully saturated rings. The molecule has 1 amide bonds. The van der Waals surface area contributed by atoms with E-state index < -0.39 is 0 Å². The zero-order chi connectivity index (χ0) is 10.6. The van der Waals surface area contributed by atoms with Gasteiger partial charge >= 0.3 is 0 Å². The van der Waals surface area contributed by atoms with Gasteiger partial charge in [0.05, 0.1) is 9.35 Å². The number of carbonyl (C=O) groups is 1. The van der Waals surface area contributed by atoms with Crippen molar-refractivity contribution < 1.29 is 4.79 Å². The Balaban J connectivity index is 2.72. The van der Waals surface area contributed by atoms with Gasteiger partial charge in [0.2, 0.25) is 0 Å². The first-order chi connectivity index (χ1) is 6.69. The normalized spacial score (nSPS) is 10.2. The lowest BCUT2D eigenvalue weighted by atomic mass is 10.3. The number of carbonyl (C=O) groups excluding carboxylic acids is 1. The molecule has 1 rings (SSSR count). The Morgan fingerprint density at radius 1 is 1.71 bits per heavy atom.